The van der Waals surface area contributed by atoms with Crippen LogP contribution in [-0.4, -0.2) is 22.5 Å². The van der Waals surface area contributed by atoms with Crippen molar-refractivity contribution < 1.29 is 0 Å². The van der Waals surface area contributed by atoms with E-state index in [1.165, 1.54) is 17.9 Å². The smallest absolute Gasteiger partial charge is 0.126 e. The molecule has 2 heterocycles. The van der Waals surface area contributed by atoms with Gasteiger partial charge in [-0.1, -0.05) is 6.07 Å². The Bertz CT molecular complexity index is 232. The van der Waals surface area contributed by atoms with Crippen LogP contribution in [-0.2, 0) is 0 Å². The Kier molecular flexibility index (Phi) is 2.51. The first-order valence-electron chi connectivity index (χ1n) is 4.20. The molecule has 0 radical (unpaired) electrons. The maximum atomic E-state index is 4.22. The van der Waals surface area contributed by atoms with Crippen LogP contribution < -0.4 is 5.32 Å². The molecular weight excluding hydrogens is 168 g/mol. The van der Waals surface area contributed by atoms with Gasteiger partial charge in [-0.3, -0.25) is 0 Å². The predicted molar refractivity (Wildman–Crippen MR) is 53.6 cm³/mol. The Morgan fingerprint density at radius 2 is 2.50 bits per heavy atom. The summed E-state index contributed by atoms with van der Waals surface area (Å²) in [6.45, 7) is 0. The summed E-state index contributed by atoms with van der Waals surface area (Å²) in [7, 11) is 0. The lowest BCUT2D eigenvalue weighted by molar-refractivity contribution is 0.807. The minimum atomic E-state index is 0.630. The average Bonchev–Trinajstić information content (AvgIpc) is 2.59. The molecule has 12 heavy (non-hydrogen) atoms. The molecule has 1 aromatic heterocycles. The molecule has 1 N–H and O–H groups in total. The molecule has 0 spiro atoms. The first-order chi connectivity index (χ1) is 5.95. The summed E-state index contributed by atoms with van der Waals surface area (Å²) >= 11 is 2.01. The Labute approximate surface area is 76.8 Å². The van der Waals surface area contributed by atoms with Crippen LogP contribution in [0.5, 0.6) is 0 Å². The Balaban J connectivity index is 1.94. The zero-order chi connectivity index (χ0) is 8.23. The number of nitrogens with one attached hydrogen (secondary N) is 1. The highest BCUT2D eigenvalue weighted by Crippen LogP contribution is 2.19. The van der Waals surface area contributed by atoms with Crippen LogP contribution in [0.3, 0.4) is 0 Å². The number of pyridine rings is 1. The summed E-state index contributed by atoms with van der Waals surface area (Å²) in [6, 6.07) is 6.60. The van der Waals surface area contributed by atoms with Gasteiger partial charge in [-0.05, 0) is 24.3 Å². The maximum Gasteiger partial charge on any atom is 0.126 e. The van der Waals surface area contributed by atoms with Crippen LogP contribution in [0.1, 0.15) is 6.42 Å². The van der Waals surface area contributed by atoms with E-state index in [4.69, 9.17) is 0 Å². The van der Waals surface area contributed by atoms with Crippen LogP contribution in [0.25, 0.3) is 0 Å². The monoisotopic (exact) mass is 180 g/mol. The average molecular weight is 180 g/mol. The fraction of sp³-hybridized carbons (Fsp3) is 0.444. The van der Waals surface area contributed by atoms with E-state index in [1.807, 2.05) is 36.2 Å². The summed E-state index contributed by atoms with van der Waals surface area (Å²) in [4.78, 5) is 4.22. The molecule has 0 saturated carbocycles. The summed E-state index contributed by atoms with van der Waals surface area (Å²) in [6.07, 6.45) is 3.09. The zero-order valence-electron chi connectivity index (χ0n) is 6.86. The lowest BCUT2D eigenvalue weighted by Crippen LogP contribution is -2.18. The molecule has 0 bridgehead atoms. The van der Waals surface area contributed by atoms with Gasteiger partial charge in [-0.25, -0.2) is 4.98 Å². The van der Waals surface area contributed by atoms with Crippen molar-refractivity contribution in [1.29, 1.82) is 0 Å². The van der Waals surface area contributed by atoms with Crippen molar-refractivity contribution in [2.75, 3.05) is 16.8 Å². The lowest BCUT2D eigenvalue weighted by atomic mass is 10.2. The summed E-state index contributed by atoms with van der Waals surface area (Å²) in [5.41, 5.74) is 0. The van der Waals surface area contributed by atoms with Crippen molar-refractivity contribution in [3.05, 3.63) is 24.4 Å². The Hall–Kier alpha value is -0.700. The Morgan fingerprint density at radius 3 is 3.17 bits per heavy atom. The molecule has 0 unspecified atom stereocenters. The second kappa shape index (κ2) is 3.81. The normalized spacial score (nSPS) is 22.5. The topological polar surface area (TPSA) is 24.9 Å². The van der Waals surface area contributed by atoms with E-state index in [0.717, 1.165) is 5.82 Å². The molecular formula is C9H12N2S. The van der Waals surface area contributed by atoms with E-state index in [1.54, 1.807) is 0 Å². The highest BCUT2D eigenvalue weighted by atomic mass is 32.2. The van der Waals surface area contributed by atoms with E-state index in [2.05, 4.69) is 10.3 Å². The quantitative estimate of drug-likeness (QED) is 0.753. The molecule has 1 atom stereocenters. The van der Waals surface area contributed by atoms with Gasteiger partial charge in [0.15, 0.2) is 0 Å². The SMILES string of the molecule is c1ccc(N[C@H]2CCSC2)nc1. The Morgan fingerprint density at radius 1 is 1.50 bits per heavy atom. The van der Waals surface area contributed by atoms with E-state index in [0.29, 0.717) is 6.04 Å². The van der Waals surface area contributed by atoms with Gasteiger partial charge in [0.2, 0.25) is 0 Å². The number of nitrogens with zero attached hydrogens (tertiary/aromatic N) is 1. The second-order valence-electron chi connectivity index (χ2n) is 2.92. The summed E-state index contributed by atoms with van der Waals surface area (Å²) in [5.74, 6) is 3.51. The molecule has 1 aliphatic heterocycles. The van der Waals surface area contributed by atoms with Crippen LogP contribution in [0, 0.1) is 0 Å². The minimum absolute atomic E-state index is 0.630. The maximum absolute atomic E-state index is 4.22. The second-order valence-corrected chi connectivity index (χ2v) is 4.07. The number of aromatic nitrogens is 1. The van der Waals surface area contributed by atoms with Crippen LogP contribution in [0.4, 0.5) is 5.82 Å². The van der Waals surface area contributed by atoms with Gasteiger partial charge in [0, 0.05) is 18.0 Å². The van der Waals surface area contributed by atoms with E-state index >= 15 is 0 Å². The molecule has 3 heteroatoms. The molecule has 1 aromatic rings. The van der Waals surface area contributed by atoms with Crippen molar-refractivity contribution in [1.82, 2.24) is 4.98 Å². The van der Waals surface area contributed by atoms with Gasteiger partial charge < -0.3 is 5.32 Å². The van der Waals surface area contributed by atoms with E-state index in [9.17, 15) is 0 Å². The number of hydrogen-bond donors (Lipinski definition) is 1. The molecule has 2 nitrogen and oxygen atoms in total. The molecule has 2 rings (SSSR count). The van der Waals surface area contributed by atoms with Gasteiger partial charge in [-0.2, -0.15) is 11.8 Å². The van der Waals surface area contributed by atoms with Crippen molar-refractivity contribution in [3.63, 3.8) is 0 Å². The van der Waals surface area contributed by atoms with Gasteiger partial charge in [0.05, 0.1) is 0 Å². The lowest BCUT2D eigenvalue weighted by Gasteiger charge is -2.10. The number of rotatable bonds is 2. The van der Waals surface area contributed by atoms with Gasteiger partial charge >= 0.3 is 0 Å². The third-order valence-corrected chi connectivity index (χ3v) is 3.11. The van der Waals surface area contributed by atoms with Gasteiger partial charge in [-0.15, -0.1) is 0 Å². The number of anilines is 1. The first-order valence-corrected chi connectivity index (χ1v) is 5.36. The van der Waals surface area contributed by atoms with Crippen molar-refractivity contribution in [2.45, 2.75) is 12.5 Å². The molecule has 1 aliphatic rings. The minimum Gasteiger partial charge on any atom is -0.366 e. The predicted octanol–water partition coefficient (Wildman–Crippen LogP) is 2.00. The molecule has 1 saturated heterocycles. The fourth-order valence-electron chi connectivity index (χ4n) is 1.31. The van der Waals surface area contributed by atoms with Crippen LogP contribution in [0.15, 0.2) is 24.4 Å². The first kappa shape index (κ1) is 7.92. The van der Waals surface area contributed by atoms with Crippen molar-refractivity contribution in [3.8, 4) is 0 Å². The van der Waals surface area contributed by atoms with Crippen LogP contribution >= 0.6 is 11.8 Å². The number of hydrogen-bond acceptors (Lipinski definition) is 3. The fourth-order valence-corrected chi connectivity index (χ4v) is 2.46. The summed E-state index contributed by atoms with van der Waals surface area (Å²) < 4.78 is 0. The zero-order valence-corrected chi connectivity index (χ0v) is 7.68. The molecule has 1 fully saturated rings. The third kappa shape index (κ3) is 1.91. The van der Waals surface area contributed by atoms with Crippen molar-refractivity contribution >= 4 is 17.6 Å². The number of thioether (sulfide) groups is 1. The highest BCUT2D eigenvalue weighted by Gasteiger charge is 2.14. The van der Waals surface area contributed by atoms with Crippen molar-refractivity contribution in [2.24, 2.45) is 0 Å². The third-order valence-electron chi connectivity index (χ3n) is 1.95. The summed E-state index contributed by atoms with van der Waals surface area (Å²) in [5, 5.41) is 3.41. The molecule has 64 valence electrons. The van der Waals surface area contributed by atoms with Gasteiger partial charge in [0.25, 0.3) is 0 Å². The highest BCUT2D eigenvalue weighted by molar-refractivity contribution is 7.99. The van der Waals surface area contributed by atoms with Crippen LogP contribution in [0.2, 0.25) is 0 Å². The molecule has 0 aromatic carbocycles. The van der Waals surface area contributed by atoms with E-state index < -0.39 is 0 Å². The molecule has 0 aliphatic carbocycles. The molecule has 0 amide bonds. The van der Waals surface area contributed by atoms with Gasteiger partial charge in [0.1, 0.15) is 5.82 Å². The standard InChI is InChI=1S/C9H12N2S/c1-2-5-10-9(3-1)11-8-4-6-12-7-8/h1-3,5,8H,4,6-7H2,(H,10,11)/t8-/m0/s1. The van der Waals surface area contributed by atoms with E-state index in [-0.39, 0.29) is 0 Å². The largest absolute Gasteiger partial charge is 0.366 e.